The Morgan fingerprint density at radius 1 is 1.27 bits per heavy atom. The molecule has 30 heavy (non-hydrogen) atoms. The lowest BCUT2D eigenvalue weighted by atomic mass is 10.1. The SMILES string of the molecule is C=Cc1ccc(-n2nc(-c3cccc(OC)c3)n(CC(=O)NC(C)(C)C)c2=O)nc1. The summed E-state index contributed by atoms with van der Waals surface area (Å²) in [6.07, 6.45) is 3.27. The van der Waals surface area contributed by atoms with Gasteiger partial charge < -0.3 is 10.1 Å². The van der Waals surface area contributed by atoms with E-state index in [1.54, 1.807) is 55.8 Å². The van der Waals surface area contributed by atoms with Gasteiger partial charge in [0.05, 0.1) is 7.11 Å². The van der Waals surface area contributed by atoms with Crippen molar-refractivity contribution in [3.63, 3.8) is 0 Å². The van der Waals surface area contributed by atoms with Gasteiger partial charge in [0.15, 0.2) is 11.6 Å². The highest BCUT2D eigenvalue weighted by Crippen LogP contribution is 2.22. The second kappa shape index (κ2) is 8.36. The zero-order valence-corrected chi connectivity index (χ0v) is 17.5. The molecule has 1 N–H and O–H groups in total. The molecule has 0 aliphatic carbocycles. The van der Waals surface area contributed by atoms with Crippen molar-refractivity contribution in [1.29, 1.82) is 0 Å². The number of aromatic nitrogens is 4. The van der Waals surface area contributed by atoms with Crippen LogP contribution in [0.1, 0.15) is 26.3 Å². The number of carbonyl (C=O) groups excluding carboxylic acids is 1. The number of nitrogens with zero attached hydrogens (tertiary/aromatic N) is 4. The number of nitrogens with one attached hydrogen (secondary N) is 1. The molecule has 8 heteroatoms. The van der Waals surface area contributed by atoms with Gasteiger partial charge in [-0.2, -0.15) is 4.68 Å². The highest BCUT2D eigenvalue weighted by Gasteiger charge is 2.21. The number of hydrogen-bond acceptors (Lipinski definition) is 5. The van der Waals surface area contributed by atoms with E-state index in [0.29, 0.717) is 23.0 Å². The topological polar surface area (TPSA) is 91.0 Å². The molecule has 0 saturated carbocycles. The molecule has 0 aliphatic rings. The maximum atomic E-state index is 13.2. The van der Waals surface area contributed by atoms with Gasteiger partial charge in [-0.15, -0.1) is 5.10 Å². The lowest BCUT2D eigenvalue weighted by Gasteiger charge is -2.20. The molecule has 0 aliphatic heterocycles. The quantitative estimate of drug-likeness (QED) is 0.678. The molecular formula is C22H25N5O3. The smallest absolute Gasteiger partial charge is 0.352 e. The Morgan fingerprint density at radius 2 is 2.03 bits per heavy atom. The molecule has 2 heterocycles. The molecule has 0 spiro atoms. The predicted molar refractivity (Wildman–Crippen MR) is 116 cm³/mol. The zero-order valence-electron chi connectivity index (χ0n) is 17.5. The Balaban J connectivity index is 2.11. The van der Waals surface area contributed by atoms with E-state index < -0.39 is 11.2 Å². The first-order valence-corrected chi connectivity index (χ1v) is 9.46. The Hall–Kier alpha value is -3.68. The molecule has 2 aromatic heterocycles. The van der Waals surface area contributed by atoms with Crippen LogP contribution in [0.25, 0.3) is 23.3 Å². The first-order valence-electron chi connectivity index (χ1n) is 9.46. The van der Waals surface area contributed by atoms with Crippen molar-refractivity contribution in [3.05, 3.63) is 65.2 Å². The van der Waals surface area contributed by atoms with Gasteiger partial charge in [0.25, 0.3) is 0 Å². The minimum Gasteiger partial charge on any atom is -0.497 e. The third kappa shape index (κ3) is 4.65. The summed E-state index contributed by atoms with van der Waals surface area (Å²) in [5.74, 6) is 1.03. The highest BCUT2D eigenvalue weighted by molar-refractivity contribution is 5.77. The average Bonchev–Trinajstić information content (AvgIpc) is 3.03. The van der Waals surface area contributed by atoms with Gasteiger partial charge in [0.1, 0.15) is 12.3 Å². The van der Waals surface area contributed by atoms with E-state index in [0.717, 1.165) is 5.56 Å². The van der Waals surface area contributed by atoms with Crippen LogP contribution in [-0.4, -0.2) is 37.9 Å². The molecule has 3 rings (SSSR count). The number of pyridine rings is 1. The van der Waals surface area contributed by atoms with Gasteiger partial charge in [0.2, 0.25) is 5.91 Å². The lowest BCUT2D eigenvalue weighted by Crippen LogP contribution is -2.43. The summed E-state index contributed by atoms with van der Waals surface area (Å²) in [5, 5.41) is 7.35. The van der Waals surface area contributed by atoms with Crippen LogP contribution in [0.5, 0.6) is 5.75 Å². The first-order chi connectivity index (χ1) is 14.2. The molecule has 0 saturated heterocycles. The molecule has 3 aromatic rings. The normalized spacial score (nSPS) is 11.2. The van der Waals surface area contributed by atoms with Crippen LogP contribution in [0, 0.1) is 0 Å². The van der Waals surface area contributed by atoms with E-state index in [9.17, 15) is 9.59 Å². The Labute approximate surface area is 174 Å². The first kappa shape index (κ1) is 21.0. The molecule has 0 bridgehead atoms. The fourth-order valence-corrected chi connectivity index (χ4v) is 2.91. The number of benzene rings is 1. The van der Waals surface area contributed by atoms with E-state index in [2.05, 4.69) is 22.0 Å². The number of rotatable bonds is 6. The maximum Gasteiger partial charge on any atom is 0.352 e. The van der Waals surface area contributed by atoms with E-state index >= 15 is 0 Å². The van der Waals surface area contributed by atoms with Crippen LogP contribution < -0.4 is 15.7 Å². The van der Waals surface area contributed by atoms with Crippen LogP contribution in [0.2, 0.25) is 0 Å². The van der Waals surface area contributed by atoms with Crippen molar-refractivity contribution in [2.24, 2.45) is 0 Å². The molecular weight excluding hydrogens is 382 g/mol. The summed E-state index contributed by atoms with van der Waals surface area (Å²) < 4.78 is 7.81. The third-order valence-corrected chi connectivity index (χ3v) is 4.23. The summed E-state index contributed by atoms with van der Waals surface area (Å²) in [4.78, 5) is 30.0. The second-order valence-electron chi connectivity index (χ2n) is 7.79. The van der Waals surface area contributed by atoms with E-state index in [1.165, 1.54) is 9.25 Å². The number of ether oxygens (including phenoxy) is 1. The van der Waals surface area contributed by atoms with Crippen molar-refractivity contribution in [3.8, 4) is 23.0 Å². The molecule has 156 valence electrons. The summed E-state index contributed by atoms with van der Waals surface area (Å²) in [7, 11) is 1.56. The average molecular weight is 407 g/mol. The second-order valence-corrected chi connectivity index (χ2v) is 7.79. The predicted octanol–water partition coefficient (Wildman–Crippen LogP) is 2.66. The summed E-state index contributed by atoms with van der Waals surface area (Å²) >= 11 is 0. The minimum absolute atomic E-state index is 0.173. The fourth-order valence-electron chi connectivity index (χ4n) is 2.91. The molecule has 8 nitrogen and oxygen atoms in total. The number of carbonyl (C=O) groups is 1. The molecule has 0 unspecified atom stereocenters. The fraction of sp³-hybridized carbons (Fsp3) is 0.273. The van der Waals surface area contributed by atoms with E-state index in [4.69, 9.17) is 4.74 Å². The zero-order chi connectivity index (χ0) is 21.9. The molecule has 0 fully saturated rings. The maximum absolute atomic E-state index is 13.2. The van der Waals surface area contributed by atoms with Gasteiger partial charge in [-0.1, -0.05) is 24.8 Å². The van der Waals surface area contributed by atoms with Crippen molar-refractivity contribution in [2.45, 2.75) is 32.9 Å². The Bertz CT molecular complexity index is 1120. The van der Waals surface area contributed by atoms with E-state index in [-0.39, 0.29) is 12.5 Å². The molecule has 1 aromatic carbocycles. The van der Waals surface area contributed by atoms with Crippen LogP contribution >= 0.6 is 0 Å². The third-order valence-electron chi connectivity index (χ3n) is 4.23. The molecule has 1 amide bonds. The van der Waals surface area contributed by atoms with Crippen molar-refractivity contribution >= 4 is 12.0 Å². The number of amides is 1. The van der Waals surface area contributed by atoms with Gasteiger partial charge in [-0.3, -0.25) is 9.36 Å². The van der Waals surface area contributed by atoms with Crippen LogP contribution in [0.4, 0.5) is 0 Å². The monoisotopic (exact) mass is 407 g/mol. The standard InChI is InChI=1S/C22H25N5O3/c1-6-15-10-11-18(23-13-15)27-21(29)26(14-19(28)24-22(2,3)4)20(25-27)16-8-7-9-17(12-16)30-5/h6-13H,1,14H2,2-5H3,(H,24,28). The van der Waals surface area contributed by atoms with Gasteiger partial charge in [0, 0.05) is 17.3 Å². The van der Waals surface area contributed by atoms with Crippen molar-refractivity contribution in [2.75, 3.05) is 7.11 Å². The number of methoxy groups -OCH3 is 1. The minimum atomic E-state index is -0.462. The van der Waals surface area contributed by atoms with Crippen molar-refractivity contribution in [1.82, 2.24) is 24.6 Å². The van der Waals surface area contributed by atoms with E-state index in [1.807, 2.05) is 20.8 Å². The van der Waals surface area contributed by atoms with Gasteiger partial charge in [-0.05, 0) is 50.6 Å². The largest absolute Gasteiger partial charge is 0.497 e. The van der Waals surface area contributed by atoms with Gasteiger partial charge >= 0.3 is 5.69 Å². The summed E-state index contributed by atoms with van der Waals surface area (Å²) in [6, 6.07) is 10.6. The van der Waals surface area contributed by atoms with Crippen LogP contribution in [-0.2, 0) is 11.3 Å². The lowest BCUT2D eigenvalue weighted by molar-refractivity contribution is -0.123. The van der Waals surface area contributed by atoms with Crippen LogP contribution in [0.3, 0.4) is 0 Å². The van der Waals surface area contributed by atoms with Crippen molar-refractivity contribution < 1.29 is 9.53 Å². The van der Waals surface area contributed by atoms with Gasteiger partial charge in [-0.25, -0.2) is 9.78 Å². The molecule has 0 atom stereocenters. The molecule has 0 radical (unpaired) electrons. The Kier molecular flexibility index (Phi) is 5.86. The summed E-state index contributed by atoms with van der Waals surface area (Å²) in [6.45, 7) is 9.17. The highest BCUT2D eigenvalue weighted by atomic mass is 16.5. The summed E-state index contributed by atoms with van der Waals surface area (Å²) in [5.41, 5.74) is 0.588. The Morgan fingerprint density at radius 3 is 2.63 bits per heavy atom. The van der Waals surface area contributed by atoms with Crippen LogP contribution in [0.15, 0.2) is 54.0 Å². The number of hydrogen-bond donors (Lipinski definition) is 1.